The summed E-state index contributed by atoms with van der Waals surface area (Å²) in [5.74, 6) is 0.575. The fourth-order valence-electron chi connectivity index (χ4n) is 2.62. The molecule has 1 amide bonds. The number of aromatic nitrogens is 6. The molecule has 0 bridgehead atoms. The molecule has 4 aromatic rings. The normalized spacial score (nSPS) is 11.9. The number of nitrogens with zero attached hydrogens (tertiary/aromatic N) is 6. The van der Waals surface area contributed by atoms with Gasteiger partial charge in [-0.3, -0.25) is 4.79 Å². The van der Waals surface area contributed by atoms with E-state index in [1.165, 1.54) is 11.0 Å². The highest BCUT2D eigenvalue weighted by molar-refractivity contribution is 5.94. The zero-order valence-corrected chi connectivity index (χ0v) is 14.4. The summed E-state index contributed by atoms with van der Waals surface area (Å²) >= 11 is 0. The SMILES string of the molecule is Cc1noc([C@H](NC(=O)c2ccc(-n3cnnn3)cc2)c2ccccc2)n1. The van der Waals surface area contributed by atoms with Crippen molar-refractivity contribution in [3.8, 4) is 5.69 Å². The maximum Gasteiger partial charge on any atom is 0.253 e. The van der Waals surface area contributed by atoms with E-state index in [1.54, 1.807) is 31.2 Å². The summed E-state index contributed by atoms with van der Waals surface area (Å²) in [4.78, 5) is 17.0. The topological polar surface area (TPSA) is 112 Å². The molecule has 0 spiro atoms. The summed E-state index contributed by atoms with van der Waals surface area (Å²) in [7, 11) is 0. The van der Waals surface area contributed by atoms with Crippen molar-refractivity contribution in [3.05, 3.63) is 83.8 Å². The van der Waals surface area contributed by atoms with E-state index in [0.29, 0.717) is 17.3 Å². The van der Waals surface area contributed by atoms with Gasteiger partial charge in [-0.05, 0) is 47.2 Å². The molecule has 1 atom stereocenters. The molecular weight excluding hydrogens is 346 g/mol. The van der Waals surface area contributed by atoms with Crippen LogP contribution in [0, 0.1) is 6.92 Å². The number of hydrogen-bond acceptors (Lipinski definition) is 7. The van der Waals surface area contributed by atoms with Crippen molar-refractivity contribution in [1.29, 1.82) is 0 Å². The molecule has 0 saturated heterocycles. The van der Waals surface area contributed by atoms with Crippen LogP contribution in [0.15, 0.2) is 65.4 Å². The van der Waals surface area contributed by atoms with Crippen LogP contribution < -0.4 is 5.32 Å². The van der Waals surface area contributed by atoms with Crippen molar-refractivity contribution in [2.24, 2.45) is 0 Å². The third kappa shape index (κ3) is 3.56. The van der Waals surface area contributed by atoms with Crippen LogP contribution in [0.5, 0.6) is 0 Å². The van der Waals surface area contributed by atoms with Gasteiger partial charge in [-0.1, -0.05) is 35.5 Å². The molecule has 0 unspecified atom stereocenters. The maximum atomic E-state index is 12.8. The Bertz CT molecular complexity index is 1030. The number of hydrogen-bond donors (Lipinski definition) is 1. The Morgan fingerprint density at radius 2 is 1.89 bits per heavy atom. The summed E-state index contributed by atoms with van der Waals surface area (Å²) in [6.07, 6.45) is 1.48. The van der Waals surface area contributed by atoms with Crippen molar-refractivity contribution in [1.82, 2.24) is 35.7 Å². The number of tetrazole rings is 1. The van der Waals surface area contributed by atoms with Crippen molar-refractivity contribution < 1.29 is 9.32 Å². The average molecular weight is 361 g/mol. The van der Waals surface area contributed by atoms with E-state index in [0.717, 1.165) is 11.3 Å². The second kappa shape index (κ2) is 7.16. The number of aryl methyl sites for hydroxylation is 1. The zero-order valence-electron chi connectivity index (χ0n) is 14.4. The first kappa shape index (κ1) is 16.6. The summed E-state index contributed by atoms with van der Waals surface area (Å²) in [6, 6.07) is 15.9. The van der Waals surface area contributed by atoms with Gasteiger partial charge in [0.2, 0.25) is 0 Å². The molecule has 9 heteroatoms. The Morgan fingerprint density at radius 3 is 2.52 bits per heavy atom. The van der Waals surface area contributed by atoms with Gasteiger partial charge in [0.25, 0.3) is 11.8 Å². The van der Waals surface area contributed by atoms with Gasteiger partial charge in [-0.2, -0.15) is 4.98 Å². The van der Waals surface area contributed by atoms with Gasteiger partial charge in [-0.15, -0.1) is 5.10 Å². The van der Waals surface area contributed by atoms with Gasteiger partial charge >= 0.3 is 0 Å². The molecule has 0 aliphatic heterocycles. The van der Waals surface area contributed by atoms with E-state index in [2.05, 4.69) is 31.0 Å². The molecule has 1 N–H and O–H groups in total. The Kier molecular flexibility index (Phi) is 4.40. The summed E-state index contributed by atoms with van der Waals surface area (Å²) in [6.45, 7) is 1.73. The molecule has 0 saturated carbocycles. The van der Waals surface area contributed by atoms with Gasteiger partial charge in [0, 0.05) is 5.56 Å². The maximum absolute atomic E-state index is 12.8. The first-order chi connectivity index (χ1) is 13.2. The molecule has 2 aromatic carbocycles. The lowest BCUT2D eigenvalue weighted by Gasteiger charge is -2.15. The van der Waals surface area contributed by atoms with Gasteiger partial charge in [0.15, 0.2) is 5.82 Å². The second-order valence-corrected chi connectivity index (χ2v) is 5.80. The van der Waals surface area contributed by atoms with Crippen LogP contribution in [0.25, 0.3) is 5.69 Å². The van der Waals surface area contributed by atoms with E-state index in [-0.39, 0.29) is 5.91 Å². The average Bonchev–Trinajstić information content (AvgIpc) is 3.39. The summed E-state index contributed by atoms with van der Waals surface area (Å²) in [5, 5.41) is 17.8. The van der Waals surface area contributed by atoms with Gasteiger partial charge < -0.3 is 9.84 Å². The third-order valence-electron chi connectivity index (χ3n) is 3.94. The molecular formula is C18H15N7O2. The molecule has 9 nitrogen and oxygen atoms in total. The molecule has 2 aromatic heterocycles. The van der Waals surface area contributed by atoms with Crippen molar-refractivity contribution in [2.45, 2.75) is 13.0 Å². The zero-order chi connectivity index (χ0) is 18.6. The lowest BCUT2D eigenvalue weighted by molar-refractivity contribution is 0.0936. The van der Waals surface area contributed by atoms with E-state index >= 15 is 0 Å². The number of rotatable bonds is 5. The minimum absolute atomic E-state index is 0.261. The highest BCUT2D eigenvalue weighted by Crippen LogP contribution is 2.21. The van der Waals surface area contributed by atoms with E-state index < -0.39 is 6.04 Å². The monoisotopic (exact) mass is 361 g/mol. The highest BCUT2D eigenvalue weighted by atomic mass is 16.5. The van der Waals surface area contributed by atoms with E-state index in [9.17, 15) is 4.79 Å². The van der Waals surface area contributed by atoms with E-state index in [4.69, 9.17) is 4.52 Å². The van der Waals surface area contributed by atoms with Crippen LogP contribution in [-0.4, -0.2) is 36.3 Å². The molecule has 134 valence electrons. The fraction of sp³-hybridized carbons (Fsp3) is 0.111. The van der Waals surface area contributed by atoms with Crippen LogP contribution in [0.3, 0.4) is 0 Å². The summed E-state index contributed by atoms with van der Waals surface area (Å²) < 4.78 is 6.79. The smallest absolute Gasteiger partial charge is 0.253 e. The van der Waals surface area contributed by atoms with Crippen LogP contribution in [-0.2, 0) is 0 Å². The molecule has 2 heterocycles. The first-order valence-corrected chi connectivity index (χ1v) is 8.20. The largest absolute Gasteiger partial charge is 0.337 e. The van der Waals surface area contributed by atoms with Gasteiger partial charge in [0.1, 0.15) is 12.4 Å². The summed E-state index contributed by atoms with van der Waals surface area (Å²) in [5.41, 5.74) is 2.09. The fourth-order valence-corrected chi connectivity index (χ4v) is 2.62. The Balaban J connectivity index is 1.58. The number of carbonyl (C=O) groups is 1. The minimum atomic E-state index is -0.543. The minimum Gasteiger partial charge on any atom is -0.337 e. The van der Waals surface area contributed by atoms with Crippen LogP contribution in [0.2, 0.25) is 0 Å². The van der Waals surface area contributed by atoms with Crippen molar-refractivity contribution >= 4 is 5.91 Å². The standard InChI is InChI=1S/C18H15N7O2/c1-12-20-18(27-22-12)16(13-5-3-2-4-6-13)21-17(26)14-7-9-15(10-8-14)25-11-19-23-24-25/h2-11,16H,1H3,(H,21,26)/t16-/m1/s1. The lowest BCUT2D eigenvalue weighted by atomic mass is 10.1. The molecule has 0 aliphatic rings. The van der Waals surface area contributed by atoms with Crippen LogP contribution in [0.1, 0.15) is 33.7 Å². The number of benzene rings is 2. The molecule has 4 rings (SSSR count). The van der Waals surface area contributed by atoms with Gasteiger partial charge in [0.05, 0.1) is 5.69 Å². The molecule has 0 aliphatic carbocycles. The predicted octanol–water partition coefficient (Wildman–Crippen LogP) is 1.87. The molecule has 27 heavy (non-hydrogen) atoms. The van der Waals surface area contributed by atoms with Crippen LogP contribution in [0.4, 0.5) is 0 Å². The van der Waals surface area contributed by atoms with Crippen molar-refractivity contribution in [3.63, 3.8) is 0 Å². The van der Waals surface area contributed by atoms with Gasteiger partial charge in [-0.25, -0.2) is 4.68 Å². The molecule has 0 radical (unpaired) electrons. The number of nitrogens with one attached hydrogen (secondary N) is 1. The lowest BCUT2D eigenvalue weighted by Crippen LogP contribution is -2.29. The van der Waals surface area contributed by atoms with Crippen LogP contribution >= 0.6 is 0 Å². The first-order valence-electron chi connectivity index (χ1n) is 8.20. The highest BCUT2D eigenvalue weighted by Gasteiger charge is 2.23. The third-order valence-corrected chi connectivity index (χ3v) is 3.94. The number of amides is 1. The molecule has 0 fully saturated rings. The Labute approximate surface area is 154 Å². The second-order valence-electron chi connectivity index (χ2n) is 5.80. The Morgan fingerprint density at radius 1 is 1.11 bits per heavy atom. The van der Waals surface area contributed by atoms with E-state index in [1.807, 2.05) is 30.3 Å². The number of carbonyl (C=O) groups excluding carboxylic acids is 1. The quantitative estimate of drug-likeness (QED) is 0.577. The predicted molar refractivity (Wildman–Crippen MR) is 93.9 cm³/mol. The van der Waals surface area contributed by atoms with Crippen molar-refractivity contribution in [2.75, 3.05) is 0 Å². The Hall–Kier alpha value is -3.88.